The Morgan fingerprint density at radius 1 is 0.550 bits per heavy atom. The summed E-state index contributed by atoms with van der Waals surface area (Å²) in [7, 11) is 0. The van der Waals surface area contributed by atoms with Crippen LogP contribution in [-0.2, 0) is 0 Å². The zero-order valence-electron chi connectivity index (χ0n) is 10.7. The van der Waals surface area contributed by atoms with E-state index in [9.17, 15) is 10.2 Å². The molecule has 4 rings (SSSR count). The molecule has 0 aromatic heterocycles. The van der Waals surface area contributed by atoms with Crippen molar-refractivity contribution in [2.75, 3.05) is 0 Å². The largest absolute Gasteiger partial charge is 0.508 e. The maximum absolute atomic E-state index is 10.2. The van der Waals surface area contributed by atoms with Crippen LogP contribution >= 0.6 is 0 Å². The van der Waals surface area contributed by atoms with Gasteiger partial charge in [-0.2, -0.15) is 0 Å². The van der Waals surface area contributed by atoms with Crippen molar-refractivity contribution in [3.8, 4) is 11.5 Å². The summed E-state index contributed by atoms with van der Waals surface area (Å²) in [6.07, 6.45) is 0. The Hall–Kier alpha value is -2.74. The Bertz CT molecular complexity index is 971. The fraction of sp³-hybridized carbons (Fsp3) is 0. The maximum Gasteiger partial charge on any atom is 0.124 e. The Kier molecular flexibility index (Phi) is 2.15. The molecule has 0 atom stereocenters. The van der Waals surface area contributed by atoms with Crippen molar-refractivity contribution >= 4 is 32.3 Å². The normalized spacial score (nSPS) is 11.4. The molecular formula is C18H12O2. The summed E-state index contributed by atoms with van der Waals surface area (Å²) in [6.45, 7) is 0. The second-order valence-electron chi connectivity index (χ2n) is 5.01. The third kappa shape index (κ3) is 1.45. The van der Waals surface area contributed by atoms with E-state index in [0.29, 0.717) is 0 Å². The van der Waals surface area contributed by atoms with E-state index < -0.39 is 0 Å². The third-order valence-electron chi connectivity index (χ3n) is 3.82. The van der Waals surface area contributed by atoms with Crippen LogP contribution in [0.3, 0.4) is 0 Å². The van der Waals surface area contributed by atoms with Gasteiger partial charge in [-0.3, -0.25) is 0 Å². The molecule has 2 heteroatoms. The lowest BCUT2D eigenvalue weighted by Gasteiger charge is -2.09. The fourth-order valence-corrected chi connectivity index (χ4v) is 2.88. The second kappa shape index (κ2) is 3.87. The van der Waals surface area contributed by atoms with E-state index in [1.165, 1.54) is 0 Å². The average molecular weight is 260 g/mol. The summed E-state index contributed by atoms with van der Waals surface area (Å²) in [5, 5.41) is 25.8. The number of aromatic hydroxyl groups is 2. The maximum atomic E-state index is 10.2. The van der Waals surface area contributed by atoms with E-state index >= 15 is 0 Å². The summed E-state index contributed by atoms with van der Waals surface area (Å²) in [5.41, 5.74) is 0. The predicted molar refractivity (Wildman–Crippen MR) is 82.3 cm³/mol. The van der Waals surface area contributed by atoms with Crippen molar-refractivity contribution in [1.82, 2.24) is 0 Å². The Morgan fingerprint density at radius 2 is 1.25 bits per heavy atom. The second-order valence-corrected chi connectivity index (χ2v) is 5.01. The molecular weight excluding hydrogens is 248 g/mol. The van der Waals surface area contributed by atoms with Crippen LogP contribution in [0.25, 0.3) is 32.3 Å². The highest BCUT2D eigenvalue weighted by atomic mass is 16.3. The minimum absolute atomic E-state index is 0.234. The zero-order chi connectivity index (χ0) is 13.7. The van der Waals surface area contributed by atoms with Crippen molar-refractivity contribution in [3.63, 3.8) is 0 Å². The van der Waals surface area contributed by atoms with Gasteiger partial charge in [0.15, 0.2) is 0 Å². The van der Waals surface area contributed by atoms with Crippen LogP contribution in [-0.4, -0.2) is 10.2 Å². The SMILES string of the molecule is Oc1ccc2ccc3c4ccccc4c(O)cc3c2c1. The van der Waals surface area contributed by atoms with Gasteiger partial charge in [0.25, 0.3) is 0 Å². The summed E-state index contributed by atoms with van der Waals surface area (Å²) in [4.78, 5) is 0. The Labute approximate surface area is 115 Å². The third-order valence-corrected chi connectivity index (χ3v) is 3.82. The van der Waals surface area contributed by atoms with E-state index in [4.69, 9.17) is 0 Å². The van der Waals surface area contributed by atoms with Crippen LogP contribution in [0, 0.1) is 0 Å². The van der Waals surface area contributed by atoms with Gasteiger partial charge < -0.3 is 10.2 Å². The van der Waals surface area contributed by atoms with Gasteiger partial charge in [0, 0.05) is 5.39 Å². The van der Waals surface area contributed by atoms with Gasteiger partial charge in [-0.05, 0) is 45.1 Å². The molecule has 0 radical (unpaired) electrons. The van der Waals surface area contributed by atoms with Gasteiger partial charge >= 0.3 is 0 Å². The molecule has 20 heavy (non-hydrogen) atoms. The molecule has 0 unspecified atom stereocenters. The van der Waals surface area contributed by atoms with E-state index in [2.05, 4.69) is 6.07 Å². The van der Waals surface area contributed by atoms with E-state index in [1.807, 2.05) is 36.4 Å². The van der Waals surface area contributed by atoms with Gasteiger partial charge in [0.05, 0.1) is 0 Å². The molecule has 0 saturated carbocycles. The van der Waals surface area contributed by atoms with Crippen LogP contribution < -0.4 is 0 Å². The van der Waals surface area contributed by atoms with Crippen LogP contribution in [0.1, 0.15) is 0 Å². The molecule has 4 aromatic carbocycles. The van der Waals surface area contributed by atoms with Crippen molar-refractivity contribution in [3.05, 3.63) is 60.7 Å². The summed E-state index contributed by atoms with van der Waals surface area (Å²) in [5.74, 6) is 0.501. The molecule has 0 bridgehead atoms. The molecule has 0 aliphatic carbocycles. The molecule has 0 aliphatic rings. The molecule has 0 amide bonds. The molecule has 0 heterocycles. The van der Waals surface area contributed by atoms with Crippen molar-refractivity contribution < 1.29 is 10.2 Å². The Balaban J connectivity index is 2.31. The minimum atomic E-state index is 0.234. The monoisotopic (exact) mass is 260 g/mol. The number of hydrogen-bond donors (Lipinski definition) is 2. The van der Waals surface area contributed by atoms with Gasteiger partial charge in [0.1, 0.15) is 11.5 Å². The highest BCUT2D eigenvalue weighted by Gasteiger charge is 2.08. The van der Waals surface area contributed by atoms with Crippen LogP contribution in [0.2, 0.25) is 0 Å². The molecule has 0 spiro atoms. The summed E-state index contributed by atoms with van der Waals surface area (Å²) >= 11 is 0. The number of phenols is 2. The standard InChI is InChI=1S/C18H12O2/c19-12-7-5-11-6-8-14-13-3-1-2-4-15(13)18(20)10-17(14)16(11)9-12/h1-10,19-20H. The van der Waals surface area contributed by atoms with Gasteiger partial charge in [0.2, 0.25) is 0 Å². The van der Waals surface area contributed by atoms with Crippen LogP contribution in [0.4, 0.5) is 0 Å². The number of phenolic OH excluding ortho intramolecular Hbond substituents is 2. The molecule has 0 aliphatic heterocycles. The molecule has 2 nitrogen and oxygen atoms in total. The number of rotatable bonds is 0. The number of benzene rings is 4. The molecule has 0 saturated heterocycles. The smallest absolute Gasteiger partial charge is 0.124 e. The first-order chi connectivity index (χ1) is 9.74. The fourth-order valence-electron chi connectivity index (χ4n) is 2.88. The first kappa shape index (κ1) is 11.1. The van der Waals surface area contributed by atoms with Crippen molar-refractivity contribution in [1.29, 1.82) is 0 Å². The highest BCUT2D eigenvalue weighted by molar-refractivity contribution is 6.18. The minimum Gasteiger partial charge on any atom is -0.508 e. The topological polar surface area (TPSA) is 40.5 Å². The molecule has 0 fully saturated rings. The quantitative estimate of drug-likeness (QED) is 0.455. The number of fused-ring (bicyclic) bond motifs is 5. The highest BCUT2D eigenvalue weighted by Crippen LogP contribution is 2.37. The lowest BCUT2D eigenvalue weighted by atomic mass is 9.96. The summed E-state index contributed by atoms with van der Waals surface area (Å²) < 4.78 is 0. The molecule has 2 N–H and O–H groups in total. The molecule has 96 valence electrons. The summed E-state index contributed by atoms with van der Waals surface area (Å²) in [6, 6.07) is 19.0. The van der Waals surface area contributed by atoms with Crippen molar-refractivity contribution in [2.45, 2.75) is 0 Å². The van der Waals surface area contributed by atoms with E-state index in [1.54, 1.807) is 18.2 Å². The van der Waals surface area contributed by atoms with E-state index in [-0.39, 0.29) is 11.5 Å². The van der Waals surface area contributed by atoms with Gasteiger partial charge in [-0.25, -0.2) is 0 Å². The Morgan fingerprint density at radius 3 is 2.10 bits per heavy atom. The molecule has 4 aromatic rings. The van der Waals surface area contributed by atoms with Gasteiger partial charge in [-0.15, -0.1) is 0 Å². The zero-order valence-corrected chi connectivity index (χ0v) is 10.7. The lowest BCUT2D eigenvalue weighted by molar-refractivity contribution is 0.476. The lowest BCUT2D eigenvalue weighted by Crippen LogP contribution is -1.81. The van der Waals surface area contributed by atoms with Crippen molar-refractivity contribution in [2.24, 2.45) is 0 Å². The first-order valence-corrected chi connectivity index (χ1v) is 6.50. The van der Waals surface area contributed by atoms with E-state index in [0.717, 1.165) is 32.3 Å². The van der Waals surface area contributed by atoms with Crippen LogP contribution in [0.15, 0.2) is 60.7 Å². The number of hydrogen-bond acceptors (Lipinski definition) is 2. The predicted octanol–water partition coefficient (Wildman–Crippen LogP) is 4.56. The van der Waals surface area contributed by atoms with Crippen LogP contribution in [0.5, 0.6) is 11.5 Å². The van der Waals surface area contributed by atoms with Gasteiger partial charge in [-0.1, -0.05) is 42.5 Å². The average Bonchev–Trinajstić information content (AvgIpc) is 2.47. The first-order valence-electron chi connectivity index (χ1n) is 6.50.